The molecule has 3 unspecified atom stereocenters. The highest BCUT2D eigenvalue weighted by Gasteiger charge is 2.34. The van der Waals surface area contributed by atoms with E-state index in [1.54, 1.807) is 0 Å². The van der Waals surface area contributed by atoms with Crippen molar-refractivity contribution in [3.05, 3.63) is 0 Å². The van der Waals surface area contributed by atoms with Crippen LogP contribution in [-0.4, -0.2) is 23.3 Å². The van der Waals surface area contributed by atoms with Crippen LogP contribution >= 0.6 is 0 Å². The average molecular weight is 210 g/mol. The summed E-state index contributed by atoms with van der Waals surface area (Å²) in [5.74, 6) is 2.23. The van der Waals surface area contributed by atoms with Gasteiger partial charge in [0.25, 0.3) is 0 Å². The summed E-state index contributed by atoms with van der Waals surface area (Å²) in [4.78, 5) is 2.30. The highest BCUT2D eigenvalue weighted by atomic mass is 15.2. The molecule has 0 aromatic carbocycles. The molecule has 15 heavy (non-hydrogen) atoms. The maximum atomic E-state index is 8.27. The molecule has 0 aromatic rings. The molecule has 1 rings (SSSR count). The van der Waals surface area contributed by atoms with E-state index in [0.29, 0.717) is 12.0 Å². The minimum absolute atomic E-state index is 0.0228. The quantitative estimate of drug-likeness (QED) is 0.481. The lowest BCUT2D eigenvalue weighted by Gasteiger charge is -2.45. The van der Waals surface area contributed by atoms with Gasteiger partial charge in [-0.2, -0.15) is 0 Å². The Morgan fingerprint density at radius 3 is 2.20 bits per heavy atom. The Morgan fingerprint density at radius 1 is 1.20 bits per heavy atom. The van der Waals surface area contributed by atoms with Crippen molar-refractivity contribution in [1.29, 1.82) is 5.41 Å². The Morgan fingerprint density at radius 2 is 1.73 bits per heavy atom. The van der Waals surface area contributed by atoms with Crippen molar-refractivity contribution in [1.82, 2.24) is 4.90 Å². The van der Waals surface area contributed by atoms with Crippen LogP contribution in [0.1, 0.15) is 48.0 Å². The molecule has 1 saturated heterocycles. The summed E-state index contributed by atoms with van der Waals surface area (Å²) >= 11 is 0. The molecular weight excluding hydrogens is 184 g/mol. The van der Waals surface area contributed by atoms with Gasteiger partial charge < -0.3 is 4.90 Å². The van der Waals surface area contributed by atoms with E-state index in [0.717, 1.165) is 18.3 Å². The van der Waals surface area contributed by atoms with E-state index in [-0.39, 0.29) is 5.41 Å². The molecule has 0 saturated carbocycles. The molecule has 1 N–H and O–H groups in total. The summed E-state index contributed by atoms with van der Waals surface area (Å²) in [6.07, 6.45) is 1.30. The highest BCUT2D eigenvalue weighted by molar-refractivity contribution is 5.84. The van der Waals surface area contributed by atoms with Crippen molar-refractivity contribution in [3.63, 3.8) is 0 Å². The summed E-state index contributed by atoms with van der Waals surface area (Å²) in [6, 6.07) is 0.521. The standard InChI is InChI=1S/C13H26N2/c1-9-7-10(2)11(3)15(8-9)12(14)13(4,5)6/h9-11,14H,7-8H2,1-6H3. The number of amidine groups is 1. The normalized spacial score (nSPS) is 32.9. The van der Waals surface area contributed by atoms with Crippen LogP contribution in [0.5, 0.6) is 0 Å². The number of likely N-dealkylation sites (tertiary alicyclic amines) is 1. The minimum Gasteiger partial charge on any atom is -0.357 e. The zero-order valence-corrected chi connectivity index (χ0v) is 11.1. The van der Waals surface area contributed by atoms with Gasteiger partial charge in [0.2, 0.25) is 0 Å². The van der Waals surface area contributed by atoms with Crippen LogP contribution in [0.2, 0.25) is 0 Å². The highest BCUT2D eigenvalue weighted by Crippen LogP contribution is 2.30. The molecule has 0 bridgehead atoms. The third kappa shape index (κ3) is 2.73. The lowest BCUT2D eigenvalue weighted by molar-refractivity contribution is 0.135. The van der Waals surface area contributed by atoms with Crippen molar-refractivity contribution in [3.8, 4) is 0 Å². The Balaban J connectivity index is 2.80. The smallest absolute Gasteiger partial charge is 0.102 e. The molecule has 0 aliphatic carbocycles. The first-order valence-electron chi connectivity index (χ1n) is 6.09. The number of nitrogens with zero attached hydrogens (tertiary/aromatic N) is 1. The number of piperidine rings is 1. The van der Waals surface area contributed by atoms with E-state index in [1.165, 1.54) is 6.42 Å². The largest absolute Gasteiger partial charge is 0.357 e. The Labute approximate surface area is 94.6 Å². The lowest BCUT2D eigenvalue weighted by atomic mass is 9.83. The lowest BCUT2D eigenvalue weighted by Crippen LogP contribution is -2.52. The second kappa shape index (κ2) is 4.15. The average Bonchev–Trinajstić information content (AvgIpc) is 2.08. The van der Waals surface area contributed by atoms with Gasteiger partial charge in [-0.1, -0.05) is 34.6 Å². The second-order valence-electron chi connectivity index (χ2n) is 6.31. The SMILES string of the molecule is CC1CC(C)C(C)N(C(=N)C(C)(C)C)C1. The summed E-state index contributed by atoms with van der Waals surface area (Å²) < 4.78 is 0. The van der Waals surface area contributed by atoms with Crippen LogP contribution in [0.3, 0.4) is 0 Å². The van der Waals surface area contributed by atoms with Gasteiger partial charge in [-0.05, 0) is 25.2 Å². The Bertz CT molecular complexity index is 239. The van der Waals surface area contributed by atoms with Crippen LogP contribution < -0.4 is 0 Å². The maximum Gasteiger partial charge on any atom is 0.102 e. The molecule has 1 heterocycles. The molecule has 3 atom stereocenters. The first kappa shape index (κ1) is 12.5. The summed E-state index contributed by atoms with van der Waals surface area (Å²) in [5, 5.41) is 8.27. The van der Waals surface area contributed by atoms with E-state index in [2.05, 4.69) is 46.4 Å². The number of rotatable bonds is 0. The van der Waals surface area contributed by atoms with E-state index < -0.39 is 0 Å². The van der Waals surface area contributed by atoms with Crippen molar-refractivity contribution >= 4 is 5.84 Å². The molecule has 0 spiro atoms. The Kier molecular flexibility index (Phi) is 3.47. The molecule has 0 amide bonds. The fourth-order valence-corrected chi connectivity index (χ4v) is 2.44. The fourth-order valence-electron chi connectivity index (χ4n) is 2.44. The molecule has 0 aromatic heterocycles. The molecule has 1 aliphatic rings. The van der Waals surface area contributed by atoms with E-state index in [1.807, 2.05) is 0 Å². The molecule has 1 aliphatic heterocycles. The van der Waals surface area contributed by atoms with Crippen LogP contribution in [-0.2, 0) is 0 Å². The number of hydrogen-bond donors (Lipinski definition) is 1. The van der Waals surface area contributed by atoms with Gasteiger partial charge in [-0.15, -0.1) is 0 Å². The third-order valence-corrected chi connectivity index (χ3v) is 3.60. The summed E-state index contributed by atoms with van der Waals surface area (Å²) in [6.45, 7) is 14.3. The van der Waals surface area contributed by atoms with Gasteiger partial charge in [-0.3, -0.25) is 5.41 Å². The van der Waals surface area contributed by atoms with Gasteiger partial charge >= 0.3 is 0 Å². The van der Waals surface area contributed by atoms with Gasteiger partial charge in [0.05, 0.1) is 0 Å². The predicted octanol–water partition coefficient (Wildman–Crippen LogP) is 3.38. The van der Waals surface area contributed by atoms with Crippen molar-refractivity contribution in [2.24, 2.45) is 17.3 Å². The fraction of sp³-hybridized carbons (Fsp3) is 0.923. The van der Waals surface area contributed by atoms with Crippen molar-refractivity contribution < 1.29 is 0 Å². The predicted molar refractivity (Wildman–Crippen MR) is 66.3 cm³/mol. The molecule has 2 nitrogen and oxygen atoms in total. The monoisotopic (exact) mass is 210 g/mol. The number of hydrogen-bond acceptors (Lipinski definition) is 1. The van der Waals surface area contributed by atoms with E-state index in [9.17, 15) is 0 Å². The van der Waals surface area contributed by atoms with E-state index >= 15 is 0 Å². The topological polar surface area (TPSA) is 27.1 Å². The summed E-state index contributed by atoms with van der Waals surface area (Å²) in [7, 11) is 0. The molecule has 1 fully saturated rings. The second-order valence-corrected chi connectivity index (χ2v) is 6.31. The molecule has 0 radical (unpaired) electrons. The van der Waals surface area contributed by atoms with Crippen molar-refractivity contribution in [2.75, 3.05) is 6.54 Å². The van der Waals surface area contributed by atoms with Gasteiger partial charge in [0, 0.05) is 18.0 Å². The first-order valence-corrected chi connectivity index (χ1v) is 6.09. The summed E-state index contributed by atoms with van der Waals surface area (Å²) in [5.41, 5.74) is -0.0228. The minimum atomic E-state index is -0.0228. The van der Waals surface area contributed by atoms with Crippen LogP contribution in [0, 0.1) is 22.7 Å². The van der Waals surface area contributed by atoms with Crippen LogP contribution in [0.15, 0.2) is 0 Å². The van der Waals surface area contributed by atoms with Gasteiger partial charge in [0.1, 0.15) is 5.84 Å². The molecule has 88 valence electrons. The van der Waals surface area contributed by atoms with Crippen LogP contribution in [0.25, 0.3) is 0 Å². The first-order chi connectivity index (χ1) is 6.73. The Hall–Kier alpha value is -0.530. The van der Waals surface area contributed by atoms with Gasteiger partial charge in [0.15, 0.2) is 0 Å². The van der Waals surface area contributed by atoms with E-state index in [4.69, 9.17) is 5.41 Å². The van der Waals surface area contributed by atoms with Crippen molar-refractivity contribution in [2.45, 2.75) is 54.0 Å². The molecule has 2 heteroatoms. The zero-order valence-electron chi connectivity index (χ0n) is 11.1. The maximum absolute atomic E-state index is 8.27. The van der Waals surface area contributed by atoms with Gasteiger partial charge in [-0.25, -0.2) is 0 Å². The zero-order chi connectivity index (χ0) is 11.8. The third-order valence-electron chi connectivity index (χ3n) is 3.60. The van der Waals surface area contributed by atoms with Crippen LogP contribution in [0.4, 0.5) is 0 Å². The number of nitrogens with one attached hydrogen (secondary N) is 1. The molecular formula is C13H26N2.